The van der Waals surface area contributed by atoms with Crippen LogP contribution in [0.2, 0.25) is 0 Å². The highest BCUT2D eigenvalue weighted by molar-refractivity contribution is 7.92. The second kappa shape index (κ2) is 8.07. The summed E-state index contributed by atoms with van der Waals surface area (Å²) in [6, 6.07) is 2.62. The number of hydrogen-bond donors (Lipinski definition) is 1. The summed E-state index contributed by atoms with van der Waals surface area (Å²) in [5, 5.41) is 2.65. The van der Waals surface area contributed by atoms with E-state index in [1.165, 1.54) is 0 Å². The van der Waals surface area contributed by atoms with Gasteiger partial charge in [0.25, 0.3) is 0 Å². The van der Waals surface area contributed by atoms with Crippen molar-refractivity contribution >= 4 is 21.6 Å². The third kappa shape index (κ3) is 5.59. The summed E-state index contributed by atoms with van der Waals surface area (Å²) < 4.78 is 51.0. The van der Waals surface area contributed by atoms with Gasteiger partial charge in [0.05, 0.1) is 11.9 Å². The monoisotopic (exact) mass is 334 g/mol. The van der Waals surface area contributed by atoms with Crippen LogP contribution in [-0.2, 0) is 14.8 Å². The highest BCUT2D eigenvalue weighted by atomic mass is 32.2. The lowest BCUT2D eigenvalue weighted by Crippen LogP contribution is -2.35. The maximum Gasteiger partial charge on any atom is 0.232 e. The minimum atomic E-state index is -3.78. The summed E-state index contributed by atoms with van der Waals surface area (Å²) in [5.41, 5.74) is -0.273. The molecule has 0 aliphatic carbocycles. The Balaban J connectivity index is 2.81. The summed E-state index contributed by atoms with van der Waals surface area (Å²) in [7, 11) is -3.78. The summed E-state index contributed by atoms with van der Waals surface area (Å²) >= 11 is 0. The third-order valence-electron chi connectivity index (χ3n) is 2.97. The van der Waals surface area contributed by atoms with Gasteiger partial charge in [0, 0.05) is 25.6 Å². The summed E-state index contributed by atoms with van der Waals surface area (Å²) in [4.78, 5) is 11.6. The zero-order valence-corrected chi connectivity index (χ0v) is 13.4. The van der Waals surface area contributed by atoms with Crippen LogP contribution in [0.25, 0.3) is 0 Å². The first kappa shape index (κ1) is 18.3. The number of amides is 1. The van der Waals surface area contributed by atoms with E-state index in [1.807, 2.05) is 6.92 Å². The Labute approximate surface area is 129 Å². The maximum atomic E-state index is 13.8. The molecular formula is C14H20F2N2O3S. The fraction of sp³-hybridized carbons (Fsp3) is 0.500. The van der Waals surface area contributed by atoms with Crippen LogP contribution in [0.4, 0.5) is 14.5 Å². The Bertz CT molecular complexity index is 621. The lowest BCUT2D eigenvalue weighted by atomic mass is 10.3. The Kier molecular flexibility index (Phi) is 6.73. The van der Waals surface area contributed by atoms with Gasteiger partial charge in [-0.05, 0) is 18.6 Å². The molecule has 0 fully saturated rings. The highest BCUT2D eigenvalue weighted by Gasteiger charge is 2.21. The van der Waals surface area contributed by atoms with Crippen LogP contribution in [0.3, 0.4) is 0 Å². The summed E-state index contributed by atoms with van der Waals surface area (Å²) in [5.74, 6) is -2.10. The van der Waals surface area contributed by atoms with E-state index in [0.717, 1.165) is 35.5 Å². The van der Waals surface area contributed by atoms with Crippen molar-refractivity contribution in [2.45, 2.75) is 26.2 Å². The van der Waals surface area contributed by atoms with Gasteiger partial charge in [0.1, 0.15) is 11.6 Å². The van der Waals surface area contributed by atoms with Crippen LogP contribution in [0.1, 0.15) is 26.2 Å². The van der Waals surface area contributed by atoms with E-state index in [1.54, 1.807) is 0 Å². The van der Waals surface area contributed by atoms with Crippen molar-refractivity contribution < 1.29 is 22.0 Å². The fourth-order valence-electron chi connectivity index (χ4n) is 1.84. The Hall–Kier alpha value is -1.70. The highest BCUT2D eigenvalue weighted by Crippen LogP contribution is 2.22. The molecule has 22 heavy (non-hydrogen) atoms. The molecule has 1 aromatic carbocycles. The molecule has 0 atom stereocenters. The first-order valence-corrected chi connectivity index (χ1v) is 8.80. The molecule has 0 unspecified atom stereocenters. The van der Waals surface area contributed by atoms with Gasteiger partial charge in [0.15, 0.2) is 0 Å². The minimum absolute atomic E-state index is 0.104. The van der Waals surface area contributed by atoms with E-state index in [2.05, 4.69) is 5.32 Å². The van der Waals surface area contributed by atoms with E-state index >= 15 is 0 Å². The van der Waals surface area contributed by atoms with Crippen molar-refractivity contribution in [3.63, 3.8) is 0 Å². The van der Waals surface area contributed by atoms with E-state index in [4.69, 9.17) is 0 Å². The van der Waals surface area contributed by atoms with E-state index < -0.39 is 21.7 Å². The quantitative estimate of drug-likeness (QED) is 0.740. The zero-order valence-electron chi connectivity index (χ0n) is 12.6. The van der Waals surface area contributed by atoms with E-state index in [9.17, 15) is 22.0 Å². The molecular weight excluding hydrogens is 314 g/mol. The first-order valence-electron chi connectivity index (χ1n) is 6.95. The normalized spacial score (nSPS) is 11.3. The summed E-state index contributed by atoms with van der Waals surface area (Å²) in [6.07, 6.45) is 2.56. The van der Waals surface area contributed by atoms with E-state index in [-0.39, 0.29) is 24.6 Å². The smallest absolute Gasteiger partial charge is 0.232 e. The van der Waals surface area contributed by atoms with Gasteiger partial charge in [-0.25, -0.2) is 17.2 Å². The van der Waals surface area contributed by atoms with Gasteiger partial charge in [-0.15, -0.1) is 0 Å². The molecule has 0 aliphatic rings. The van der Waals surface area contributed by atoms with Crippen LogP contribution in [0.5, 0.6) is 0 Å². The number of unbranched alkanes of at least 4 members (excludes halogenated alkanes) is 1. The molecule has 0 heterocycles. The lowest BCUT2D eigenvalue weighted by molar-refractivity contribution is -0.120. The van der Waals surface area contributed by atoms with Gasteiger partial charge in [0.2, 0.25) is 15.9 Å². The number of nitrogens with one attached hydrogen (secondary N) is 1. The van der Waals surface area contributed by atoms with Crippen LogP contribution < -0.4 is 9.62 Å². The molecule has 1 N–H and O–H groups in total. The third-order valence-corrected chi connectivity index (χ3v) is 4.15. The molecule has 8 heteroatoms. The molecule has 5 nitrogen and oxygen atoms in total. The van der Waals surface area contributed by atoms with Crippen molar-refractivity contribution in [3.8, 4) is 0 Å². The molecule has 0 saturated carbocycles. The maximum absolute atomic E-state index is 13.8. The molecule has 0 saturated heterocycles. The number of carbonyl (C=O) groups excluding carboxylic acids is 1. The zero-order chi connectivity index (χ0) is 16.8. The van der Waals surface area contributed by atoms with Gasteiger partial charge >= 0.3 is 0 Å². The van der Waals surface area contributed by atoms with Gasteiger partial charge in [-0.1, -0.05) is 13.3 Å². The number of anilines is 1. The Morgan fingerprint density at radius 3 is 2.55 bits per heavy atom. The van der Waals surface area contributed by atoms with Gasteiger partial charge in [-0.2, -0.15) is 0 Å². The average molecular weight is 334 g/mol. The molecule has 0 aliphatic heterocycles. The molecule has 0 spiro atoms. The van der Waals surface area contributed by atoms with Gasteiger partial charge in [-0.3, -0.25) is 9.10 Å². The average Bonchev–Trinajstić information content (AvgIpc) is 2.40. The number of rotatable bonds is 8. The number of sulfonamides is 1. The molecule has 1 aromatic rings. The molecule has 1 rings (SSSR count). The van der Waals surface area contributed by atoms with Crippen LogP contribution >= 0.6 is 0 Å². The molecule has 0 bridgehead atoms. The minimum Gasteiger partial charge on any atom is -0.356 e. The molecule has 0 radical (unpaired) electrons. The lowest BCUT2D eigenvalue weighted by Gasteiger charge is -2.22. The van der Waals surface area contributed by atoms with Crippen molar-refractivity contribution in [1.82, 2.24) is 5.32 Å². The Morgan fingerprint density at radius 1 is 1.32 bits per heavy atom. The second-order valence-electron chi connectivity index (χ2n) is 4.88. The van der Waals surface area contributed by atoms with Crippen molar-refractivity contribution in [2.75, 3.05) is 23.7 Å². The molecule has 0 aromatic heterocycles. The Morgan fingerprint density at radius 2 is 2.00 bits per heavy atom. The van der Waals surface area contributed by atoms with Crippen LogP contribution in [-0.4, -0.2) is 33.7 Å². The van der Waals surface area contributed by atoms with Crippen LogP contribution in [0.15, 0.2) is 18.2 Å². The first-order chi connectivity index (χ1) is 10.3. The van der Waals surface area contributed by atoms with Crippen molar-refractivity contribution in [1.29, 1.82) is 0 Å². The van der Waals surface area contributed by atoms with Crippen molar-refractivity contribution in [2.24, 2.45) is 0 Å². The van der Waals surface area contributed by atoms with Crippen LogP contribution in [0, 0.1) is 11.6 Å². The number of benzene rings is 1. The number of hydrogen-bond acceptors (Lipinski definition) is 3. The number of nitrogens with zero attached hydrogens (tertiary/aromatic N) is 1. The largest absolute Gasteiger partial charge is 0.356 e. The van der Waals surface area contributed by atoms with Gasteiger partial charge < -0.3 is 5.32 Å². The topological polar surface area (TPSA) is 66.5 Å². The molecule has 1 amide bonds. The van der Waals surface area contributed by atoms with Crippen molar-refractivity contribution in [3.05, 3.63) is 29.8 Å². The number of carbonyl (C=O) groups is 1. The summed E-state index contributed by atoms with van der Waals surface area (Å²) in [6.45, 7) is 2.29. The predicted octanol–water partition coefficient (Wildman–Crippen LogP) is 2.04. The fourth-order valence-corrected chi connectivity index (χ4v) is 2.77. The van der Waals surface area contributed by atoms with E-state index in [0.29, 0.717) is 12.6 Å². The molecule has 124 valence electrons. The second-order valence-corrected chi connectivity index (χ2v) is 6.79. The number of halogens is 2. The predicted molar refractivity (Wildman–Crippen MR) is 81.1 cm³/mol. The standard InChI is InChI=1S/C14H20F2N2O3S/c1-3-4-8-17-14(19)7-9-18(22(2,20)21)13-6-5-11(15)10-12(13)16/h5-6,10H,3-4,7-9H2,1-2H3,(H,17,19). The SMILES string of the molecule is CCCCNC(=O)CCN(c1ccc(F)cc1F)S(C)(=O)=O.